The zero-order chi connectivity index (χ0) is 17.5. The number of hydrogen-bond acceptors (Lipinski definition) is 5. The summed E-state index contributed by atoms with van der Waals surface area (Å²) in [5, 5.41) is 19.1. The van der Waals surface area contributed by atoms with Crippen LogP contribution in [0.1, 0.15) is 19.3 Å². The Bertz CT molecular complexity index is 1090. The van der Waals surface area contributed by atoms with Gasteiger partial charge < -0.3 is 10.4 Å². The third-order valence-electron chi connectivity index (χ3n) is 5.01. The van der Waals surface area contributed by atoms with Gasteiger partial charge in [0.15, 0.2) is 5.65 Å². The highest BCUT2D eigenvalue weighted by molar-refractivity contribution is 5.84. The topological polar surface area (TPSA) is 75.3 Å². The van der Waals surface area contributed by atoms with E-state index in [4.69, 9.17) is 5.10 Å². The van der Waals surface area contributed by atoms with Crippen LogP contribution in [0.3, 0.4) is 0 Å². The molecule has 130 valence electrons. The highest BCUT2D eigenvalue weighted by Gasteiger charge is 2.23. The summed E-state index contributed by atoms with van der Waals surface area (Å²) in [6, 6.07) is 14.3. The summed E-state index contributed by atoms with van der Waals surface area (Å²) < 4.78 is 1.84. The monoisotopic (exact) mass is 345 g/mol. The number of rotatable bonds is 3. The first kappa shape index (κ1) is 15.3. The Morgan fingerprint density at radius 1 is 1.04 bits per heavy atom. The zero-order valence-corrected chi connectivity index (χ0v) is 14.2. The maximum atomic E-state index is 9.75. The molecule has 1 aliphatic rings. The minimum absolute atomic E-state index is 0.204. The average Bonchev–Trinajstić information content (AvgIpc) is 3.28. The number of aliphatic hydroxyl groups is 1. The predicted octanol–water partition coefficient (Wildman–Crippen LogP) is 3.27. The van der Waals surface area contributed by atoms with E-state index in [2.05, 4.69) is 27.4 Å². The first-order chi connectivity index (χ1) is 12.8. The van der Waals surface area contributed by atoms with Gasteiger partial charge in [0.2, 0.25) is 0 Å². The summed E-state index contributed by atoms with van der Waals surface area (Å²) in [6.45, 7) is 0. The van der Waals surface area contributed by atoms with Crippen LogP contribution in [-0.4, -0.2) is 36.8 Å². The van der Waals surface area contributed by atoms with Gasteiger partial charge in [-0.2, -0.15) is 9.61 Å². The van der Waals surface area contributed by atoms with Crippen LogP contribution < -0.4 is 5.32 Å². The lowest BCUT2D eigenvalue weighted by atomic mass is 10.1. The lowest BCUT2D eigenvalue weighted by molar-refractivity contribution is 0.182. The van der Waals surface area contributed by atoms with E-state index in [9.17, 15) is 5.11 Å². The van der Waals surface area contributed by atoms with Crippen LogP contribution in [-0.2, 0) is 0 Å². The molecule has 26 heavy (non-hydrogen) atoms. The molecule has 1 fully saturated rings. The highest BCUT2D eigenvalue weighted by Crippen LogP contribution is 2.26. The fourth-order valence-corrected chi connectivity index (χ4v) is 3.68. The van der Waals surface area contributed by atoms with Crippen molar-refractivity contribution in [3.63, 3.8) is 0 Å². The summed E-state index contributed by atoms with van der Waals surface area (Å²) in [4.78, 5) is 8.81. The highest BCUT2D eigenvalue weighted by atomic mass is 16.3. The molecule has 6 nitrogen and oxygen atoms in total. The summed E-state index contributed by atoms with van der Waals surface area (Å²) >= 11 is 0. The average molecular weight is 345 g/mol. The quantitative estimate of drug-likeness (QED) is 0.596. The maximum absolute atomic E-state index is 9.75. The van der Waals surface area contributed by atoms with Crippen LogP contribution in [0, 0.1) is 0 Å². The van der Waals surface area contributed by atoms with Crippen LogP contribution in [0.15, 0.2) is 54.9 Å². The van der Waals surface area contributed by atoms with Gasteiger partial charge in [0.1, 0.15) is 5.82 Å². The fourth-order valence-electron chi connectivity index (χ4n) is 3.68. The van der Waals surface area contributed by atoms with Gasteiger partial charge in [-0.15, -0.1) is 0 Å². The normalized spacial score (nSPS) is 20.0. The van der Waals surface area contributed by atoms with Crippen molar-refractivity contribution in [3.8, 4) is 11.3 Å². The Morgan fingerprint density at radius 3 is 2.88 bits per heavy atom. The molecule has 2 atom stereocenters. The van der Waals surface area contributed by atoms with Gasteiger partial charge in [0.25, 0.3) is 0 Å². The van der Waals surface area contributed by atoms with E-state index in [-0.39, 0.29) is 12.1 Å². The number of fused-ring (bicyclic) bond motifs is 2. The van der Waals surface area contributed by atoms with Crippen molar-refractivity contribution in [1.82, 2.24) is 19.6 Å². The molecule has 0 saturated heterocycles. The van der Waals surface area contributed by atoms with Crippen molar-refractivity contribution in [2.24, 2.45) is 0 Å². The molecule has 0 aliphatic heterocycles. The van der Waals surface area contributed by atoms with Gasteiger partial charge in [-0.25, -0.2) is 4.98 Å². The number of anilines is 1. The molecule has 2 N–H and O–H groups in total. The molecular formula is C20H19N5O. The molecule has 4 aromatic rings. The van der Waals surface area contributed by atoms with Crippen molar-refractivity contribution in [2.75, 3.05) is 5.32 Å². The van der Waals surface area contributed by atoms with Gasteiger partial charge in [0, 0.05) is 35.5 Å². The van der Waals surface area contributed by atoms with E-state index < -0.39 is 0 Å². The predicted molar refractivity (Wildman–Crippen MR) is 101 cm³/mol. The molecule has 0 spiro atoms. The number of benzene rings is 1. The maximum Gasteiger partial charge on any atom is 0.157 e. The number of nitrogens with zero attached hydrogens (tertiary/aromatic N) is 4. The Hall–Kier alpha value is -2.99. The van der Waals surface area contributed by atoms with Gasteiger partial charge in [0.05, 0.1) is 17.3 Å². The number of aromatic nitrogens is 4. The van der Waals surface area contributed by atoms with Crippen molar-refractivity contribution < 1.29 is 5.11 Å². The fraction of sp³-hybridized carbons (Fsp3) is 0.250. The summed E-state index contributed by atoms with van der Waals surface area (Å²) in [5.74, 6) is 0.905. The molecule has 1 aliphatic carbocycles. The second kappa shape index (κ2) is 6.07. The Morgan fingerprint density at radius 2 is 2.00 bits per heavy atom. The lowest BCUT2D eigenvalue weighted by Gasteiger charge is -2.14. The molecule has 0 bridgehead atoms. The second-order valence-electron chi connectivity index (χ2n) is 6.85. The van der Waals surface area contributed by atoms with Crippen molar-refractivity contribution >= 4 is 22.4 Å². The summed E-state index contributed by atoms with van der Waals surface area (Å²) in [7, 11) is 0. The molecule has 1 saturated carbocycles. The van der Waals surface area contributed by atoms with Crippen molar-refractivity contribution in [2.45, 2.75) is 31.4 Å². The van der Waals surface area contributed by atoms with Gasteiger partial charge in [-0.1, -0.05) is 12.1 Å². The molecule has 0 amide bonds. The van der Waals surface area contributed by atoms with Crippen LogP contribution in [0.4, 0.5) is 5.82 Å². The molecular weight excluding hydrogens is 326 g/mol. The number of pyridine rings is 1. The molecule has 5 rings (SSSR count). The third-order valence-corrected chi connectivity index (χ3v) is 5.01. The SMILES string of the molecule is O[C@@H]1CC[C@@H](Nc2ccnc3cc(-c4ccc5ncccc5c4)nn23)C1. The molecule has 0 radical (unpaired) electrons. The van der Waals surface area contributed by atoms with Crippen molar-refractivity contribution in [3.05, 3.63) is 54.9 Å². The number of hydrogen-bond donors (Lipinski definition) is 2. The van der Waals surface area contributed by atoms with E-state index in [1.54, 1.807) is 12.4 Å². The van der Waals surface area contributed by atoms with Gasteiger partial charge >= 0.3 is 0 Å². The standard InChI is InChI=1S/C20H19N5O/c26-16-5-4-15(11-16)23-19-7-9-22-20-12-18(24-25(19)20)14-3-6-17-13(10-14)2-1-8-21-17/h1-3,6-10,12,15-16,23,26H,4-5,11H2/t15-,16-/m1/s1. The second-order valence-corrected chi connectivity index (χ2v) is 6.85. The molecule has 3 heterocycles. The molecule has 6 heteroatoms. The lowest BCUT2D eigenvalue weighted by Crippen LogP contribution is -2.18. The number of aliphatic hydroxyl groups excluding tert-OH is 1. The van der Waals surface area contributed by atoms with Gasteiger partial charge in [-0.05, 0) is 43.5 Å². The minimum atomic E-state index is -0.204. The zero-order valence-electron chi connectivity index (χ0n) is 14.2. The van der Waals surface area contributed by atoms with Crippen LogP contribution >= 0.6 is 0 Å². The summed E-state index contributed by atoms with van der Waals surface area (Å²) in [6.07, 6.45) is 5.98. The van der Waals surface area contributed by atoms with E-state index in [0.717, 1.165) is 52.9 Å². The first-order valence-corrected chi connectivity index (χ1v) is 8.91. The Labute approximate surface area is 150 Å². The minimum Gasteiger partial charge on any atom is -0.393 e. The van der Waals surface area contributed by atoms with Crippen molar-refractivity contribution in [1.29, 1.82) is 0 Å². The smallest absolute Gasteiger partial charge is 0.157 e. The van der Waals surface area contributed by atoms with Crippen LogP contribution in [0.5, 0.6) is 0 Å². The third kappa shape index (κ3) is 2.68. The summed E-state index contributed by atoms with van der Waals surface area (Å²) in [5.41, 5.74) is 3.69. The Kier molecular flexibility index (Phi) is 3.57. The molecule has 0 unspecified atom stereocenters. The van der Waals surface area contributed by atoms with E-state index in [1.165, 1.54) is 0 Å². The van der Waals surface area contributed by atoms with E-state index >= 15 is 0 Å². The molecule has 1 aromatic carbocycles. The van der Waals surface area contributed by atoms with E-state index in [0.29, 0.717) is 0 Å². The number of nitrogens with one attached hydrogen (secondary N) is 1. The molecule has 3 aromatic heterocycles. The first-order valence-electron chi connectivity index (χ1n) is 8.91. The van der Waals surface area contributed by atoms with Gasteiger partial charge in [-0.3, -0.25) is 4.98 Å². The largest absolute Gasteiger partial charge is 0.393 e. The Balaban J connectivity index is 1.53. The van der Waals surface area contributed by atoms with Crippen LogP contribution in [0.25, 0.3) is 27.8 Å². The van der Waals surface area contributed by atoms with E-state index in [1.807, 2.05) is 34.8 Å². The van der Waals surface area contributed by atoms with Crippen LogP contribution in [0.2, 0.25) is 0 Å².